The molecule has 2 aliphatic carbocycles. The third-order valence-corrected chi connectivity index (χ3v) is 7.58. The molecule has 5 heteroatoms. The van der Waals surface area contributed by atoms with Crippen LogP contribution >= 0.6 is 11.3 Å². The molecule has 0 radical (unpaired) electrons. The number of nitrogens with zero attached hydrogens (tertiary/aromatic N) is 3. The van der Waals surface area contributed by atoms with Gasteiger partial charge in [-0.15, -0.1) is 11.3 Å². The molecule has 1 aliphatic heterocycles. The highest BCUT2D eigenvalue weighted by Gasteiger charge is 2.28. The fourth-order valence-corrected chi connectivity index (χ4v) is 6.27. The number of hydrogen-bond acceptors (Lipinski definition) is 5. The molecule has 1 unspecified atom stereocenters. The van der Waals surface area contributed by atoms with Crippen LogP contribution in [0.25, 0.3) is 10.2 Å². The zero-order valence-electron chi connectivity index (χ0n) is 15.8. The normalized spacial score (nSPS) is 24.8. The van der Waals surface area contributed by atoms with Crippen molar-refractivity contribution in [1.82, 2.24) is 9.97 Å². The summed E-state index contributed by atoms with van der Waals surface area (Å²) in [5.41, 5.74) is 1.56. The molecule has 0 N–H and O–H groups in total. The van der Waals surface area contributed by atoms with Crippen molar-refractivity contribution in [1.29, 1.82) is 0 Å². The summed E-state index contributed by atoms with van der Waals surface area (Å²) < 4.78 is 5.61. The monoisotopic (exact) mass is 371 g/mol. The molecule has 1 saturated heterocycles. The van der Waals surface area contributed by atoms with E-state index in [4.69, 9.17) is 14.7 Å². The minimum Gasteiger partial charge on any atom is -0.378 e. The van der Waals surface area contributed by atoms with Gasteiger partial charge in [0.2, 0.25) is 0 Å². The average molecular weight is 372 g/mol. The van der Waals surface area contributed by atoms with E-state index in [0.29, 0.717) is 5.92 Å². The highest BCUT2D eigenvalue weighted by atomic mass is 32.1. The van der Waals surface area contributed by atoms with Crippen LogP contribution < -0.4 is 4.90 Å². The van der Waals surface area contributed by atoms with Crippen LogP contribution in [-0.4, -0.2) is 36.3 Å². The Morgan fingerprint density at radius 3 is 2.65 bits per heavy atom. The van der Waals surface area contributed by atoms with Crippen molar-refractivity contribution in [3.8, 4) is 0 Å². The van der Waals surface area contributed by atoms with Gasteiger partial charge in [0, 0.05) is 23.9 Å². The van der Waals surface area contributed by atoms with Crippen LogP contribution in [0, 0.1) is 5.92 Å². The molecule has 140 valence electrons. The Kier molecular flexibility index (Phi) is 4.61. The van der Waals surface area contributed by atoms with Crippen LogP contribution in [0.3, 0.4) is 0 Å². The van der Waals surface area contributed by atoms with E-state index in [0.717, 1.165) is 38.0 Å². The van der Waals surface area contributed by atoms with Crippen molar-refractivity contribution in [2.45, 2.75) is 64.2 Å². The number of ether oxygens (including phenoxy) is 1. The molecule has 0 aromatic carbocycles. The molecule has 0 bridgehead atoms. The van der Waals surface area contributed by atoms with Gasteiger partial charge in [-0.3, -0.25) is 0 Å². The molecule has 3 heterocycles. The number of thiophene rings is 1. The van der Waals surface area contributed by atoms with Gasteiger partial charge in [0.15, 0.2) is 0 Å². The fourth-order valence-electron chi connectivity index (χ4n) is 4.89. The molecule has 3 aliphatic rings. The molecule has 4 nitrogen and oxygen atoms in total. The van der Waals surface area contributed by atoms with Crippen LogP contribution in [0.1, 0.15) is 67.6 Å². The minimum absolute atomic E-state index is 0.561. The van der Waals surface area contributed by atoms with Crippen molar-refractivity contribution in [2.24, 2.45) is 5.92 Å². The quantitative estimate of drug-likeness (QED) is 0.767. The van der Waals surface area contributed by atoms with E-state index >= 15 is 0 Å². The summed E-state index contributed by atoms with van der Waals surface area (Å²) in [6.07, 6.45) is 10.3. The molecule has 26 heavy (non-hydrogen) atoms. The lowest BCUT2D eigenvalue weighted by molar-refractivity contribution is 0.122. The second-order valence-electron chi connectivity index (χ2n) is 8.37. The lowest BCUT2D eigenvalue weighted by Crippen LogP contribution is -2.37. The zero-order valence-corrected chi connectivity index (χ0v) is 16.6. The second-order valence-corrected chi connectivity index (χ2v) is 9.46. The Morgan fingerprint density at radius 2 is 1.85 bits per heavy atom. The van der Waals surface area contributed by atoms with Gasteiger partial charge < -0.3 is 9.64 Å². The first-order valence-electron chi connectivity index (χ1n) is 10.4. The summed E-state index contributed by atoms with van der Waals surface area (Å²) >= 11 is 1.95. The van der Waals surface area contributed by atoms with Gasteiger partial charge >= 0.3 is 0 Å². The van der Waals surface area contributed by atoms with E-state index in [1.165, 1.54) is 67.4 Å². The Balaban J connectivity index is 1.64. The van der Waals surface area contributed by atoms with Gasteiger partial charge in [-0.05, 0) is 43.6 Å². The number of hydrogen-bond donors (Lipinski definition) is 0. The minimum atomic E-state index is 0.561. The molecule has 0 spiro atoms. The van der Waals surface area contributed by atoms with Crippen LogP contribution in [0.5, 0.6) is 0 Å². The maximum atomic E-state index is 5.61. The summed E-state index contributed by atoms with van der Waals surface area (Å²) in [4.78, 5) is 15.6. The summed E-state index contributed by atoms with van der Waals surface area (Å²) in [5.74, 6) is 3.69. The molecule has 5 rings (SSSR count). The summed E-state index contributed by atoms with van der Waals surface area (Å²) in [6.45, 7) is 5.92. The highest BCUT2D eigenvalue weighted by molar-refractivity contribution is 7.19. The van der Waals surface area contributed by atoms with E-state index in [2.05, 4.69) is 11.8 Å². The fraction of sp³-hybridized carbons (Fsp3) is 0.714. The van der Waals surface area contributed by atoms with E-state index < -0.39 is 0 Å². The smallest absolute Gasteiger partial charge is 0.141 e. The van der Waals surface area contributed by atoms with Crippen LogP contribution in [0.15, 0.2) is 0 Å². The van der Waals surface area contributed by atoms with Gasteiger partial charge in [0.25, 0.3) is 0 Å². The van der Waals surface area contributed by atoms with E-state index in [1.54, 1.807) is 10.4 Å². The van der Waals surface area contributed by atoms with E-state index in [9.17, 15) is 0 Å². The second kappa shape index (κ2) is 7.08. The van der Waals surface area contributed by atoms with Crippen molar-refractivity contribution in [2.75, 3.05) is 31.2 Å². The third-order valence-electron chi connectivity index (χ3n) is 6.43. The Morgan fingerprint density at radius 1 is 1.04 bits per heavy atom. The Bertz CT molecular complexity index is 790. The first kappa shape index (κ1) is 16.9. The third kappa shape index (κ3) is 3.03. The Labute approximate surface area is 160 Å². The summed E-state index contributed by atoms with van der Waals surface area (Å²) in [7, 11) is 0. The molecular formula is C21H29N3OS. The molecule has 1 saturated carbocycles. The van der Waals surface area contributed by atoms with Gasteiger partial charge in [-0.25, -0.2) is 9.97 Å². The SMILES string of the molecule is CC1CCc2c(sc3nc(C4CCCCC4)nc(N4CCOCC4)c23)C1. The zero-order chi connectivity index (χ0) is 17.5. The molecule has 2 aromatic rings. The number of aryl methyl sites for hydroxylation is 1. The predicted molar refractivity (Wildman–Crippen MR) is 107 cm³/mol. The summed E-state index contributed by atoms with van der Waals surface area (Å²) in [5, 5.41) is 1.37. The first-order chi connectivity index (χ1) is 12.8. The van der Waals surface area contributed by atoms with Crippen molar-refractivity contribution >= 4 is 27.4 Å². The maximum Gasteiger partial charge on any atom is 0.141 e. The molecule has 2 fully saturated rings. The highest BCUT2D eigenvalue weighted by Crippen LogP contribution is 2.42. The molecule has 0 amide bonds. The van der Waals surface area contributed by atoms with Gasteiger partial charge in [-0.2, -0.15) is 0 Å². The number of morpholine rings is 1. The van der Waals surface area contributed by atoms with E-state index in [-0.39, 0.29) is 0 Å². The van der Waals surface area contributed by atoms with Gasteiger partial charge in [0.1, 0.15) is 16.5 Å². The molecular weight excluding hydrogens is 342 g/mol. The molecule has 1 atom stereocenters. The maximum absolute atomic E-state index is 5.61. The van der Waals surface area contributed by atoms with Crippen molar-refractivity contribution in [3.05, 3.63) is 16.3 Å². The van der Waals surface area contributed by atoms with Crippen LogP contribution in [-0.2, 0) is 17.6 Å². The Hall–Kier alpha value is -1.20. The topological polar surface area (TPSA) is 38.2 Å². The van der Waals surface area contributed by atoms with Crippen LogP contribution in [0.2, 0.25) is 0 Å². The van der Waals surface area contributed by atoms with Crippen molar-refractivity contribution in [3.63, 3.8) is 0 Å². The van der Waals surface area contributed by atoms with Gasteiger partial charge in [-0.1, -0.05) is 26.2 Å². The average Bonchev–Trinajstić information content (AvgIpc) is 3.06. The number of rotatable bonds is 2. The van der Waals surface area contributed by atoms with Gasteiger partial charge in [0.05, 0.1) is 18.6 Å². The lowest BCUT2D eigenvalue weighted by atomic mass is 9.88. The van der Waals surface area contributed by atoms with Crippen LogP contribution in [0.4, 0.5) is 5.82 Å². The molecule has 2 aromatic heterocycles. The van der Waals surface area contributed by atoms with Crippen molar-refractivity contribution < 1.29 is 4.74 Å². The first-order valence-corrected chi connectivity index (χ1v) is 11.3. The number of fused-ring (bicyclic) bond motifs is 3. The number of anilines is 1. The number of aromatic nitrogens is 2. The lowest BCUT2D eigenvalue weighted by Gasteiger charge is -2.30. The predicted octanol–water partition coefficient (Wildman–Crippen LogP) is 4.70. The summed E-state index contributed by atoms with van der Waals surface area (Å²) in [6, 6.07) is 0. The van der Waals surface area contributed by atoms with E-state index in [1.807, 2.05) is 11.3 Å². The largest absolute Gasteiger partial charge is 0.378 e. The standard InChI is InChI=1S/C21H29N3OS/c1-14-7-8-16-17(13-14)26-21-18(16)20(24-9-11-25-12-10-24)22-19(23-21)15-5-3-2-4-6-15/h14-15H,2-13H2,1H3.